The van der Waals surface area contributed by atoms with Crippen molar-refractivity contribution in [3.63, 3.8) is 0 Å². The number of nitrogens with zero attached hydrogens (tertiary/aromatic N) is 2. The summed E-state index contributed by atoms with van der Waals surface area (Å²) in [5.41, 5.74) is 0.636. The Kier molecular flexibility index (Phi) is 5.79. The molecule has 2 aliphatic heterocycles. The number of sulfone groups is 1. The lowest BCUT2D eigenvalue weighted by atomic mass is 10.2. The lowest BCUT2D eigenvalue weighted by molar-refractivity contribution is -0.119. The lowest BCUT2D eigenvalue weighted by Crippen LogP contribution is -2.38. The minimum atomic E-state index is -3.14. The molecule has 2 heterocycles. The van der Waals surface area contributed by atoms with Crippen LogP contribution >= 0.6 is 35.0 Å². The van der Waals surface area contributed by atoms with Gasteiger partial charge < -0.3 is 9.64 Å². The number of rotatable bonds is 4. The van der Waals surface area contributed by atoms with Gasteiger partial charge in [-0.05, 0) is 36.4 Å². The molecule has 2 fully saturated rings. The Morgan fingerprint density at radius 1 is 1.14 bits per heavy atom. The highest BCUT2D eigenvalue weighted by molar-refractivity contribution is 8.16. The van der Waals surface area contributed by atoms with Gasteiger partial charge in [0.2, 0.25) is 0 Å². The molecular formula is C19H16Cl2N2O4S2. The average Bonchev–Trinajstić information content (AvgIpc) is 3.13. The Morgan fingerprint density at radius 2 is 1.86 bits per heavy atom. The number of anilines is 1. The van der Waals surface area contributed by atoms with Gasteiger partial charge in [0, 0.05) is 10.3 Å². The van der Waals surface area contributed by atoms with E-state index in [-0.39, 0.29) is 29.4 Å². The predicted octanol–water partition coefficient (Wildman–Crippen LogP) is 3.67. The molecule has 0 bridgehead atoms. The molecule has 0 aliphatic carbocycles. The van der Waals surface area contributed by atoms with E-state index in [2.05, 4.69) is 4.99 Å². The number of thioether (sulfide) groups is 1. The summed E-state index contributed by atoms with van der Waals surface area (Å²) >= 11 is 13.5. The van der Waals surface area contributed by atoms with Gasteiger partial charge in [-0.15, -0.1) is 0 Å². The van der Waals surface area contributed by atoms with Gasteiger partial charge in [-0.25, -0.2) is 8.42 Å². The highest BCUT2D eigenvalue weighted by Crippen LogP contribution is 2.42. The zero-order valence-corrected chi connectivity index (χ0v) is 18.1. The number of benzene rings is 2. The zero-order chi connectivity index (χ0) is 20.6. The number of hydrogen-bond acceptors (Lipinski definition) is 5. The Bertz CT molecular complexity index is 1070. The van der Waals surface area contributed by atoms with Crippen LogP contribution in [0.5, 0.6) is 5.75 Å². The summed E-state index contributed by atoms with van der Waals surface area (Å²) in [4.78, 5) is 18.4. The van der Waals surface area contributed by atoms with Gasteiger partial charge in [0.25, 0.3) is 5.91 Å². The maximum Gasteiger partial charge on any atom is 0.285 e. The quantitative estimate of drug-likeness (QED) is 0.678. The van der Waals surface area contributed by atoms with Gasteiger partial charge in [0.05, 0.1) is 28.3 Å². The van der Waals surface area contributed by atoms with Crippen molar-refractivity contribution in [1.29, 1.82) is 0 Å². The lowest BCUT2D eigenvalue weighted by Gasteiger charge is -2.25. The fourth-order valence-electron chi connectivity index (χ4n) is 3.31. The topological polar surface area (TPSA) is 76.0 Å². The number of para-hydroxylation sites is 1. The van der Waals surface area contributed by atoms with Gasteiger partial charge in [-0.3, -0.25) is 4.79 Å². The average molecular weight is 471 g/mol. The molecule has 29 heavy (non-hydrogen) atoms. The molecule has 1 amide bonds. The van der Waals surface area contributed by atoms with E-state index in [1.165, 1.54) is 11.8 Å². The first-order valence-electron chi connectivity index (χ1n) is 8.73. The number of carbonyl (C=O) groups excluding carboxylic acids is 1. The number of hydrogen-bond donors (Lipinski definition) is 0. The van der Waals surface area contributed by atoms with E-state index in [0.717, 1.165) is 0 Å². The van der Waals surface area contributed by atoms with Crippen LogP contribution in [-0.4, -0.2) is 48.9 Å². The first-order chi connectivity index (χ1) is 13.8. The summed E-state index contributed by atoms with van der Waals surface area (Å²) in [7, 11) is -3.14. The van der Waals surface area contributed by atoms with E-state index in [0.29, 0.717) is 26.6 Å². The van der Waals surface area contributed by atoms with Gasteiger partial charge in [-0.1, -0.05) is 47.1 Å². The summed E-state index contributed by atoms with van der Waals surface area (Å²) < 4.78 is 29.7. The summed E-state index contributed by atoms with van der Waals surface area (Å²) in [5, 5.41) is 1.28. The Hall–Kier alpha value is -1.74. The number of amides is 1. The SMILES string of the molecule is O=C(COc1ccc(Cl)cc1)N=C1S[C@@H]2CS(=O)(=O)C[C@@H]2N1c1ccccc1Cl. The number of carbonyl (C=O) groups is 1. The zero-order valence-electron chi connectivity index (χ0n) is 15.0. The van der Waals surface area contributed by atoms with Crippen LogP contribution in [0.15, 0.2) is 53.5 Å². The van der Waals surface area contributed by atoms with Crippen LogP contribution < -0.4 is 9.64 Å². The van der Waals surface area contributed by atoms with Crippen molar-refractivity contribution >= 4 is 61.6 Å². The molecule has 0 N–H and O–H groups in total. The molecular weight excluding hydrogens is 455 g/mol. The summed E-state index contributed by atoms with van der Waals surface area (Å²) in [6.45, 7) is -0.240. The van der Waals surface area contributed by atoms with Gasteiger partial charge in [0.15, 0.2) is 21.6 Å². The molecule has 10 heteroatoms. The van der Waals surface area contributed by atoms with Crippen LogP contribution in [0.4, 0.5) is 5.69 Å². The predicted molar refractivity (Wildman–Crippen MR) is 117 cm³/mol. The fourth-order valence-corrected chi connectivity index (χ4v) is 7.59. The van der Waals surface area contributed by atoms with Crippen molar-refractivity contribution in [2.24, 2.45) is 4.99 Å². The van der Waals surface area contributed by atoms with Crippen LogP contribution in [-0.2, 0) is 14.6 Å². The standard InChI is InChI=1S/C19H16Cl2N2O4S2/c20-12-5-7-13(8-6-12)27-9-18(24)22-19-23(15-4-2-1-3-14(15)21)16-10-29(25,26)11-17(16)28-19/h1-8,16-17H,9-11H2/t16-,17+/m0/s1. The summed E-state index contributed by atoms with van der Waals surface area (Å²) in [6, 6.07) is 13.5. The van der Waals surface area contributed by atoms with Crippen molar-refractivity contribution in [1.82, 2.24) is 0 Å². The second kappa shape index (κ2) is 8.18. The highest BCUT2D eigenvalue weighted by atomic mass is 35.5. The van der Waals surface area contributed by atoms with E-state index in [4.69, 9.17) is 27.9 Å². The fraction of sp³-hybridized carbons (Fsp3) is 0.263. The van der Waals surface area contributed by atoms with Crippen molar-refractivity contribution in [2.45, 2.75) is 11.3 Å². The van der Waals surface area contributed by atoms with Crippen LogP contribution in [0, 0.1) is 0 Å². The van der Waals surface area contributed by atoms with Gasteiger partial charge in [0.1, 0.15) is 5.75 Å². The number of amidine groups is 1. The third-order valence-corrected chi connectivity index (χ3v) is 8.36. The van der Waals surface area contributed by atoms with E-state index in [1.807, 2.05) is 6.07 Å². The Labute approximate surface area is 182 Å². The minimum absolute atomic E-state index is 0.00434. The molecule has 2 atom stereocenters. The Balaban J connectivity index is 1.57. The second-order valence-electron chi connectivity index (χ2n) is 6.65. The maximum absolute atomic E-state index is 12.4. The molecule has 2 saturated heterocycles. The Morgan fingerprint density at radius 3 is 2.59 bits per heavy atom. The number of ether oxygens (including phenoxy) is 1. The normalized spacial score (nSPS) is 23.9. The van der Waals surface area contributed by atoms with E-state index in [1.54, 1.807) is 47.4 Å². The summed E-state index contributed by atoms with van der Waals surface area (Å²) in [6.07, 6.45) is 0. The number of halogens is 2. The van der Waals surface area contributed by atoms with E-state index < -0.39 is 15.7 Å². The summed E-state index contributed by atoms with van der Waals surface area (Å²) in [5.74, 6) is 0.0950. The third-order valence-electron chi connectivity index (χ3n) is 4.57. The van der Waals surface area contributed by atoms with Crippen LogP contribution in [0.3, 0.4) is 0 Å². The molecule has 4 rings (SSSR count). The minimum Gasteiger partial charge on any atom is -0.484 e. The molecule has 2 aliphatic rings. The van der Waals surface area contributed by atoms with Crippen molar-refractivity contribution in [2.75, 3.05) is 23.0 Å². The first-order valence-corrected chi connectivity index (χ1v) is 12.2. The molecule has 0 saturated carbocycles. The molecule has 0 spiro atoms. The molecule has 0 radical (unpaired) electrons. The van der Waals surface area contributed by atoms with Crippen LogP contribution in [0.25, 0.3) is 0 Å². The van der Waals surface area contributed by atoms with E-state index in [9.17, 15) is 13.2 Å². The maximum atomic E-state index is 12.4. The largest absolute Gasteiger partial charge is 0.484 e. The monoisotopic (exact) mass is 470 g/mol. The van der Waals surface area contributed by atoms with E-state index >= 15 is 0 Å². The van der Waals surface area contributed by atoms with Gasteiger partial charge in [-0.2, -0.15) is 4.99 Å². The van der Waals surface area contributed by atoms with Crippen LogP contribution in [0.2, 0.25) is 10.0 Å². The smallest absolute Gasteiger partial charge is 0.285 e. The number of aliphatic imine (C=N–C) groups is 1. The first kappa shape index (κ1) is 20.5. The second-order valence-corrected chi connectivity index (χ2v) is 10.9. The van der Waals surface area contributed by atoms with Crippen molar-refractivity contribution in [3.8, 4) is 5.75 Å². The van der Waals surface area contributed by atoms with Crippen molar-refractivity contribution < 1.29 is 17.9 Å². The third kappa shape index (κ3) is 4.55. The molecule has 2 aromatic carbocycles. The highest BCUT2D eigenvalue weighted by Gasteiger charge is 2.49. The van der Waals surface area contributed by atoms with Crippen molar-refractivity contribution in [3.05, 3.63) is 58.6 Å². The molecule has 0 aromatic heterocycles. The number of fused-ring (bicyclic) bond motifs is 1. The van der Waals surface area contributed by atoms with Gasteiger partial charge >= 0.3 is 0 Å². The molecule has 6 nitrogen and oxygen atoms in total. The molecule has 152 valence electrons. The van der Waals surface area contributed by atoms with Crippen LogP contribution in [0.1, 0.15) is 0 Å². The molecule has 2 aromatic rings. The molecule has 0 unspecified atom stereocenters.